The summed E-state index contributed by atoms with van der Waals surface area (Å²) in [4.78, 5) is 12.1. The molecule has 0 radical (unpaired) electrons. The number of rotatable bonds is 5. The molecule has 0 fully saturated rings. The number of nitrogens with zero attached hydrogens (tertiary/aromatic N) is 1. The Morgan fingerprint density at radius 3 is 2.68 bits per heavy atom. The molecule has 0 heterocycles. The first kappa shape index (κ1) is 15.3. The first-order chi connectivity index (χ1) is 8.81. The average molecular weight is 276 g/mol. The maximum atomic E-state index is 12.1. The fourth-order valence-corrected chi connectivity index (χ4v) is 1.45. The van der Waals surface area contributed by atoms with E-state index in [1.165, 1.54) is 0 Å². The van der Waals surface area contributed by atoms with E-state index in [0.717, 1.165) is 7.05 Å². The minimum atomic E-state index is -4.40. The van der Waals surface area contributed by atoms with E-state index in [1.807, 2.05) is 0 Å². The number of halogens is 3. The van der Waals surface area contributed by atoms with Gasteiger partial charge >= 0.3 is 6.18 Å². The van der Waals surface area contributed by atoms with Crippen molar-refractivity contribution >= 4 is 11.6 Å². The first-order valence-electron chi connectivity index (χ1n) is 5.56. The number of carbonyl (C=O) groups is 1. The highest BCUT2D eigenvalue weighted by atomic mass is 19.4. The van der Waals surface area contributed by atoms with Gasteiger partial charge in [0.2, 0.25) is 5.91 Å². The smallest absolute Gasteiger partial charge is 0.392 e. The third-order valence-electron chi connectivity index (χ3n) is 2.40. The number of likely N-dealkylation sites (N-methyl/N-ethyl adjacent to an activating group) is 1. The van der Waals surface area contributed by atoms with Crippen LogP contribution in [0.3, 0.4) is 0 Å². The van der Waals surface area contributed by atoms with Gasteiger partial charge in [-0.05, 0) is 17.7 Å². The Bertz CT molecular complexity index is 435. The van der Waals surface area contributed by atoms with Crippen LogP contribution in [0.25, 0.3) is 0 Å². The Morgan fingerprint density at radius 1 is 1.42 bits per heavy atom. The van der Waals surface area contributed by atoms with Crippen molar-refractivity contribution in [3.05, 3.63) is 29.8 Å². The molecule has 0 unspecified atom stereocenters. The van der Waals surface area contributed by atoms with Gasteiger partial charge in [-0.15, -0.1) is 0 Å². The van der Waals surface area contributed by atoms with Gasteiger partial charge in [0.05, 0.1) is 13.2 Å². The molecule has 0 saturated carbocycles. The van der Waals surface area contributed by atoms with Crippen LogP contribution in [0, 0.1) is 0 Å². The molecular formula is C12H15F3N2O2. The van der Waals surface area contributed by atoms with Crippen molar-refractivity contribution in [3.63, 3.8) is 0 Å². The number of nitrogens with one attached hydrogen (secondary N) is 1. The predicted octanol–water partition coefficient (Wildman–Crippen LogP) is 1.61. The molecule has 0 atom stereocenters. The van der Waals surface area contributed by atoms with Gasteiger partial charge in [0.25, 0.3) is 0 Å². The SMILES string of the molecule is CN(CC(F)(F)F)C(=O)CNc1cccc(CO)c1. The number of benzene rings is 1. The highest BCUT2D eigenvalue weighted by molar-refractivity contribution is 5.80. The molecule has 0 bridgehead atoms. The topological polar surface area (TPSA) is 52.6 Å². The molecule has 1 amide bonds. The summed E-state index contributed by atoms with van der Waals surface area (Å²) in [6.45, 7) is -1.65. The summed E-state index contributed by atoms with van der Waals surface area (Å²) < 4.78 is 36.3. The molecule has 0 aromatic heterocycles. The van der Waals surface area contributed by atoms with Crippen LogP contribution in [0.1, 0.15) is 5.56 Å². The molecule has 0 aliphatic rings. The number of anilines is 1. The summed E-state index contributed by atoms with van der Waals surface area (Å²) in [6, 6.07) is 6.66. The van der Waals surface area contributed by atoms with E-state index in [4.69, 9.17) is 5.11 Å². The van der Waals surface area contributed by atoms with Crippen molar-refractivity contribution < 1.29 is 23.1 Å². The van der Waals surface area contributed by atoms with Crippen molar-refractivity contribution in [2.75, 3.05) is 25.5 Å². The quantitative estimate of drug-likeness (QED) is 0.859. The summed E-state index contributed by atoms with van der Waals surface area (Å²) in [5.74, 6) is -0.660. The number of hydrogen-bond acceptors (Lipinski definition) is 3. The first-order valence-corrected chi connectivity index (χ1v) is 5.56. The molecule has 1 rings (SSSR count). The van der Waals surface area contributed by atoms with Gasteiger partial charge in [-0.2, -0.15) is 13.2 Å². The Hall–Kier alpha value is -1.76. The molecular weight excluding hydrogens is 261 g/mol. The lowest BCUT2D eigenvalue weighted by molar-refractivity contribution is -0.157. The van der Waals surface area contributed by atoms with Gasteiger partial charge in [-0.3, -0.25) is 4.79 Å². The van der Waals surface area contributed by atoms with Crippen LogP contribution >= 0.6 is 0 Å². The summed E-state index contributed by atoms with van der Waals surface area (Å²) in [7, 11) is 1.10. The van der Waals surface area contributed by atoms with Crippen LogP contribution in [0.15, 0.2) is 24.3 Å². The van der Waals surface area contributed by atoms with Gasteiger partial charge in [0.1, 0.15) is 6.54 Å². The lowest BCUT2D eigenvalue weighted by Gasteiger charge is -2.19. The van der Waals surface area contributed by atoms with E-state index < -0.39 is 18.6 Å². The van der Waals surface area contributed by atoms with E-state index in [-0.39, 0.29) is 13.2 Å². The second kappa shape index (κ2) is 6.42. The zero-order valence-electron chi connectivity index (χ0n) is 10.4. The van der Waals surface area contributed by atoms with Crippen molar-refractivity contribution in [1.29, 1.82) is 0 Å². The summed E-state index contributed by atoms with van der Waals surface area (Å²) >= 11 is 0. The van der Waals surface area contributed by atoms with Crippen LogP contribution in [0.4, 0.5) is 18.9 Å². The van der Waals surface area contributed by atoms with Crippen LogP contribution in [0.2, 0.25) is 0 Å². The van der Waals surface area contributed by atoms with Gasteiger partial charge in [-0.25, -0.2) is 0 Å². The molecule has 0 spiro atoms. The van der Waals surface area contributed by atoms with Crippen molar-refractivity contribution in [1.82, 2.24) is 4.90 Å². The second-order valence-electron chi connectivity index (χ2n) is 4.08. The van der Waals surface area contributed by atoms with Crippen molar-refractivity contribution in [2.45, 2.75) is 12.8 Å². The Kier molecular flexibility index (Phi) is 5.17. The maximum Gasteiger partial charge on any atom is 0.406 e. The van der Waals surface area contributed by atoms with Gasteiger partial charge in [-0.1, -0.05) is 12.1 Å². The Morgan fingerprint density at radius 2 is 2.11 bits per heavy atom. The normalized spacial score (nSPS) is 11.2. The molecule has 0 aliphatic carbocycles. The minimum absolute atomic E-state index is 0.141. The molecule has 2 N–H and O–H groups in total. The summed E-state index contributed by atoms with van der Waals surface area (Å²) in [5, 5.41) is 11.6. The Balaban J connectivity index is 2.49. The largest absolute Gasteiger partial charge is 0.406 e. The lowest BCUT2D eigenvalue weighted by Crippen LogP contribution is -2.38. The fourth-order valence-electron chi connectivity index (χ4n) is 1.45. The van der Waals surface area contributed by atoms with Gasteiger partial charge in [0.15, 0.2) is 0 Å². The monoisotopic (exact) mass is 276 g/mol. The molecule has 1 aromatic rings. The molecule has 106 valence electrons. The minimum Gasteiger partial charge on any atom is -0.392 e. The van der Waals surface area contributed by atoms with Crippen LogP contribution in [-0.2, 0) is 11.4 Å². The van der Waals surface area contributed by atoms with Crippen molar-refractivity contribution in [3.8, 4) is 0 Å². The van der Waals surface area contributed by atoms with E-state index in [9.17, 15) is 18.0 Å². The van der Waals surface area contributed by atoms with Crippen LogP contribution in [0.5, 0.6) is 0 Å². The van der Waals surface area contributed by atoms with Crippen molar-refractivity contribution in [2.24, 2.45) is 0 Å². The highest BCUT2D eigenvalue weighted by Gasteiger charge is 2.30. The van der Waals surface area contributed by atoms with E-state index in [1.54, 1.807) is 24.3 Å². The van der Waals surface area contributed by atoms with E-state index in [2.05, 4.69) is 5.32 Å². The number of carbonyl (C=O) groups excluding carboxylic acids is 1. The molecule has 4 nitrogen and oxygen atoms in total. The number of aliphatic hydroxyl groups is 1. The fraction of sp³-hybridized carbons (Fsp3) is 0.417. The van der Waals surface area contributed by atoms with E-state index >= 15 is 0 Å². The van der Waals surface area contributed by atoms with E-state index in [0.29, 0.717) is 16.2 Å². The van der Waals surface area contributed by atoms with Crippen LogP contribution in [-0.4, -0.2) is 42.2 Å². The second-order valence-corrected chi connectivity index (χ2v) is 4.08. The summed E-state index contributed by atoms with van der Waals surface area (Å²) in [6.07, 6.45) is -4.40. The third kappa shape index (κ3) is 5.60. The molecule has 1 aromatic carbocycles. The molecule has 7 heteroatoms. The predicted molar refractivity (Wildman–Crippen MR) is 64.5 cm³/mol. The van der Waals surface area contributed by atoms with Gasteiger partial charge in [0, 0.05) is 12.7 Å². The zero-order chi connectivity index (χ0) is 14.5. The number of amides is 1. The number of alkyl halides is 3. The molecule has 19 heavy (non-hydrogen) atoms. The lowest BCUT2D eigenvalue weighted by atomic mass is 10.2. The summed E-state index contributed by atoms with van der Waals surface area (Å²) in [5.41, 5.74) is 1.22. The zero-order valence-corrected chi connectivity index (χ0v) is 10.4. The molecule has 0 aliphatic heterocycles. The highest BCUT2D eigenvalue weighted by Crippen LogP contribution is 2.16. The third-order valence-corrected chi connectivity index (χ3v) is 2.40. The van der Waals surface area contributed by atoms with Crippen LogP contribution < -0.4 is 5.32 Å². The Labute approximate surface area is 108 Å². The standard InChI is InChI=1S/C12H15F3N2O2/c1-17(8-12(13,14)15)11(19)6-16-10-4-2-3-9(5-10)7-18/h2-5,16,18H,6-8H2,1H3. The van der Waals surface area contributed by atoms with Gasteiger partial charge < -0.3 is 15.3 Å². The number of aliphatic hydroxyl groups excluding tert-OH is 1. The average Bonchev–Trinajstić information content (AvgIpc) is 2.34. The molecule has 0 saturated heterocycles. The maximum absolute atomic E-state index is 12.1. The number of hydrogen-bond donors (Lipinski definition) is 2.